The quantitative estimate of drug-likeness (QED) is 0.437. The van der Waals surface area contributed by atoms with Crippen LogP contribution in [0.2, 0.25) is 0 Å². The van der Waals surface area contributed by atoms with E-state index in [0.717, 1.165) is 38.6 Å². The summed E-state index contributed by atoms with van der Waals surface area (Å²) in [7, 11) is 2.22. The second-order valence-electron chi connectivity index (χ2n) is 8.38. The van der Waals surface area contributed by atoms with E-state index < -0.39 is 0 Å². The van der Waals surface area contributed by atoms with Gasteiger partial charge in [-0.15, -0.1) is 0 Å². The molecule has 0 aliphatic carbocycles. The predicted molar refractivity (Wildman–Crippen MR) is 116 cm³/mol. The third-order valence-corrected chi connectivity index (χ3v) is 6.20. The van der Waals surface area contributed by atoms with Gasteiger partial charge in [-0.25, -0.2) is 4.98 Å². The zero-order valence-electron chi connectivity index (χ0n) is 18.1. The number of likely N-dealkylation sites (N-methyl/N-ethyl adjacent to an activating group) is 1. The Morgan fingerprint density at radius 1 is 1.18 bits per heavy atom. The van der Waals surface area contributed by atoms with Gasteiger partial charge in [-0.05, 0) is 45.7 Å². The Labute approximate surface area is 170 Å². The number of imidazole rings is 1. The number of piperazine rings is 1. The number of hydrogen-bond donors (Lipinski definition) is 1. The van der Waals surface area contributed by atoms with Crippen molar-refractivity contribution < 1.29 is 0 Å². The highest BCUT2D eigenvalue weighted by molar-refractivity contribution is 5.80. The van der Waals surface area contributed by atoms with Gasteiger partial charge in [-0.2, -0.15) is 0 Å². The van der Waals surface area contributed by atoms with Crippen LogP contribution in [0, 0.1) is 5.92 Å². The van der Waals surface area contributed by atoms with Crippen LogP contribution in [0.25, 0.3) is 0 Å². The Morgan fingerprint density at radius 3 is 2.71 bits per heavy atom. The summed E-state index contributed by atoms with van der Waals surface area (Å²) in [4.78, 5) is 16.6. The molecule has 3 heterocycles. The van der Waals surface area contributed by atoms with E-state index in [-0.39, 0.29) is 0 Å². The largest absolute Gasteiger partial charge is 0.357 e. The Bertz CT molecular complexity index is 578. The van der Waals surface area contributed by atoms with Crippen LogP contribution < -0.4 is 5.32 Å². The van der Waals surface area contributed by atoms with Crippen LogP contribution in [0.5, 0.6) is 0 Å². The van der Waals surface area contributed by atoms with Crippen LogP contribution in [0.4, 0.5) is 0 Å². The lowest BCUT2D eigenvalue weighted by Crippen LogP contribution is -2.49. The highest BCUT2D eigenvalue weighted by atomic mass is 15.3. The fraction of sp³-hybridized carbons (Fsp3) is 0.810. The summed E-state index contributed by atoms with van der Waals surface area (Å²) in [5, 5.41) is 3.51. The second kappa shape index (κ2) is 10.8. The molecule has 0 spiro atoms. The van der Waals surface area contributed by atoms with Gasteiger partial charge in [0.15, 0.2) is 5.96 Å². The van der Waals surface area contributed by atoms with Crippen LogP contribution in [0.3, 0.4) is 0 Å². The van der Waals surface area contributed by atoms with Crippen molar-refractivity contribution in [2.45, 2.75) is 39.2 Å². The van der Waals surface area contributed by atoms with E-state index in [1.54, 1.807) is 0 Å². The van der Waals surface area contributed by atoms with Gasteiger partial charge < -0.3 is 24.6 Å². The average Bonchev–Trinajstić information content (AvgIpc) is 3.23. The molecule has 0 radical (unpaired) electrons. The molecule has 1 N–H and O–H groups in total. The molecule has 3 rings (SSSR count). The van der Waals surface area contributed by atoms with E-state index in [1.807, 2.05) is 12.5 Å². The van der Waals surface area contributed by atoms with E-state index >= 15 is 0 Å². The zero-order chi connectivity index (χ0) is 19.8. The van der Waals surface area contributed by atoms with Gasteiger partial charge in [0.2, 0.25) is 0 Å². The van der Waals surface area contributed by atoms with Crippen molar-refractivity contribution in [3.8, 4) is 0 Å². The van der Waals surface area contributed by atoms with Gasteiger partial charge in [-0.1, -0.05) is 6.92 Å². The summed E-state index contributed by atoms with van der Waals surface area (Å²) in [6, 6.07) is 0.470. The van der Waals surface area contributed by atoms with E-state index in [1.165, 1.54) is 45.6 Å². The molecule has 7 heteroatoms. The smallest absolute Gasteiger partial charge is 0.193 e. The highest BCUT2D eigenvalue weighted by Crippen LogP contribution is 2.27. The van der Waals surface area contributed by atoms with Crippen molar-refractivity contribution in [1.82, 2.24) is 29.6 Å². The summed E-state index contributed by atoms with van der Waals surface area (Å²) < 4.78 is 2.26. The standard InChI is InChI=1S/C21H39N7/c1-4-23-21(24-8-5-6-10-26-15-13-25(3)14-16-26)27-11-7-19(2)20(17-27)28-12-9-22-18-28/h9,12,18-20H,4-8,10-11,13-17H2,1-3H3,(H,23,24). The SMILES string of the molecule is CCNC(=NCCCCN1CCN(C)CC1)N1CCC(C)C(n2ccnc2)C1. The first-order valence-electron chi connectivity index (χ1n) is 11.1. The third kappa shape index (κ3) is 5.95. The molecule has 7 nitrogen and oxygen atoms in total. The summed E-state index contributed by atoms with van der Waals surface area (Å²) in [6.45, 7) is 14.5. The number of nitrogens with one attached hydrogen (secondary N) is 1. The number of unbranched alkanes of at least 4 members (excludes halogenated alkanes) is 1. The monoisotopic (exact) mass is 389 g/mol. The number of piperidine rings is 1. The first-order valence-corrected chi connectivity index (χ1v) is 11.1. The van der Waals surface area contributed by atoms with Crippen LogP contribution in [0.1, 0.15) is 39.2 Å². The molecule has 1 aromatic heterocycles. The summed E-state index contributed by atoms with van der Waals surface area (Å²) >= 11 is 0. The maximum Gasteiger partial charge on any atom is 0.193 e. The van der Waals surface area contributed by atoms with E-state index in [9.17, 15) is 0 Å². The average molecular weight is 390 g/mol. The highest BCUT2D eigenvalue weighted by Gasteiger charge is 2.28. The van der Waals surface area contributed by atoms with E-state index in [4.69, 9.17) is 4.99 Å². The number of guanidine groups is 1. The topological polar surface area (TPSA) is 51.9 Å². The molecule has 2 aliphatic heterocycles. The molecule has 0 bridgehead atoms. The number of rotatable bonds is 7. The second-order valence-corrected chi connectivity index (χ2v) is 8.38. The van der Waals surface area contributed by atoms with Gasteiger partial charge in [0.05, 0.1) is 12.4 Å². The van der Waals surface area contributed by atoms with Gasteiger partial charge in [0.25, 0.3) is 0 Å². The molecular weight excluding hydrogens is 350 g/mol. The molecule has 2 atom stereocenters. The maximum atomic E-state index is 4.95. The molecule has 2 unspecified atom stereocenters. The van der Waals surface area contributed by atoms with Crippen molar-refractivity contribution in [2.24, 2.45) is 10.9 Å². The minimum absolute atomic E-state index is 0.470. The van der Waals surface area contributed by atoms with Crippen molar-refractivity contribution in [2.75, 3.05) is 66.0 Å². The molecule has 2 saturated heterocycles. The van der Waals surface area contributed by atoms with Gasteiger partial charge in [0.1, 0.15) is 0 Å². The molecule has 2 aliphatic rings. The van der Waals surface area contributed by atoms with Crippen LogP contribution in [-0.2, 0) is 0 Å². The van der Waals surface area contributed by atoms with Crippen molar-refractivity contribution >= 4 is 5.96 Å². The third-order valence-electron chi connectivity index (χ3n) is 6.20. The van der Waals surface area contributed by atoms with Gasteiger partial charge in [-0.3, -0.25) is 4.99 Å². The predicted octanol–water partition coefficient (Wildman–Crippen LogP) is 1.76. The lowest BCUT2D eigenvalue weighted by molar-refractivity contribution is 0.152. The fourth-order valence-corrected chi connectivity index (χ4v) is 4.22. The molecular formula is C21H39N7. The van der Waals surface area contributed by atoms with Crippen molar-refractivity contribution in [3.63, 3.8) is 0 Å². The van der Waals surface area contributed by atoms with Crippen LogP contribution in [0.15, 0.2) is 23.7 Å². The van der Waals surface area contributed by atoms with Crippen molar-refractivity contribution in [3.05, 3.63) is 18.7 Å². The van der Waals surface area contributed by atoms with E-state index in [0.29, 0.717) is 12.0 Å². The van der Waals surface area contributed by atoms with E-state index in [2.05, 4.69) is 56.7 Å². The van der Waals surface area contributed by atoms with Gasteiger partial charge in [0, 0.05) is 64.8 Å². The van der Waals surface area contributed by atoms with Crippen LogP contribution in [-0.4, -0.2) is 96.2 Å². The Morgan fingerprint density at radius 2 is 2.00 bits per heavy atom. The molecule has 0 amide bonds. The summed E-state index contributed by atoms with van der Waals surface area (Å²) in [5.74, 6) is 1.75. The first-order chi connectivity index (χ1) is 13.7. The van der Waals surface area contributed by atoms with Gasteiger partial charge >= 0.3 is 0 Å². The zero-order valence-corrected chi connectivity index (χ0v) is 18.1. The first kappa shape index (κ1) is 21.1. The molecule has 158 valence electrons. The lowest BCUT2D eigenvalue weighted by atomic mass is 9.93. The number of nitrogens with zero attached hydrogens (tertiary/aromatic N) is 6. The molecule has 0 aromatic carbocycles. The fourth-order valence-electron chi connectivity index (χ4n) is 4.22. The van der Waals surface area contributed by atoms with Crippen molar-refractivity contribution in [1.29, 1.82) is 0 Å². The summed E-state index contributed by atoms with van der Waals surface area (Å²) in [6.07, 6.45) is 9.51. The Hall–Kier alpha value is -1.60. The normalized spacial score (nSPS) is 25.2. The number of hydrogen-bond acceptors (Lipinski definition) is 4. The maximum absolute atomic E-state index is 4.95. The van der Waals surface area contributed by atoms with Crippen LogP contribution >= 0.6 is 0 Å². The minimum atomic E-state index is 0.470. The minimum Gasteiger partial charge on any atom is -0.357 e. The Balaban J connectivity index is 1.46. The number of likely N-dealkylation sites (tertiary alicyclic amines) is 1. The molecule has 1 aromatic rings. The molecule has 28 heavy (non-hydrogen) atoms. The molecule has 2 fully saturated rings. The lowest BCUT2D eigenvalue weighted by Gasteiger charge is -2.39. The molecule has 0 saturated carbocycles. The Kier molecular flexibility index (Phi) is 8.15. The number of aromatic nitrogens is 2. The number of aliphatic imine (C=N–C) groups is 1. The summed E-state index contributed by atoms with van der Waals surface area (Å²) in [5.41, 5.74) is 0.